The van der Waals surface area contributed by atoms with Gasteiger partial charge in [-0.15, -0.1) is 11.3 Å². The number of hydrogen-bond donors (Lipinski definition) is 1. The van der Waals surface area contributed by atoms with Gasteiger partial charge in [-0.2, -0.15) is 13.2 Å². The minimum atomic E-state index is -4.45. The van der Waals surface area contributed by atoms with Gasteiger partial charge in [0.2, 0.25) is 0 Å². The number of rotatable bonds is 5. The number of halogens is 3. The van der Waals surface area contributed by atoms with E-state index >= 15 is 0 Å². The zero-order chi connectivity index (χ0) is 17.2. The molecule has 0 aliphatic rings. The lowest BCUT2D eigenvalue weighted by Gasteiger charge is -2.13. The number of aromatic nitrogens is 1. The van der Waals surface area contributed by atoms with Crippen LogP contribution in [0.5, 0.6) is 5.75 Å². The first-order chi connectivity index (χ1) is 10.7. The molecule has 0 saturated heterocycles. The molecule has 2 aromatic rings. The highest BCUT2D eigenvalue weighted by Crippen LogP contribution is 2.40. The van der Waals surface area contributed by atoms with E-state index in [1.165, 1.54) is 30.6 Å². The Morgan fingerprint density at radius 1 is 1.30 bits per heavy atom. The van der Waals surface area contributed by atoms with Gasteiger partial charge in [0.1, 0.15) is 5.75 Å². The number of aryl methyl sites for hydroxylation is 1. The van der Waals surface area contributed by atoms with Crippen LogP contribution < -0.4 is 10.5 Å². The van der Waals surface area contributed by atoms with Crippen LogP contribution in [0.4, 0.5) is 18.3 Å². The summed E-state index contributed by atoms with van der Waals surface area (Å²) >= 11 is 1.38. The van der Waals surface area contributed by atoms with Crippen molar-refractivity contribution in [2.75, 3.05) is 12.8 Å². The molecule has 0 aliphatic heterocycles. The fourth-order valence-electron chi connectivity index (χ4n) is 2.26. The molecule has 1 aromatic heterocycles. The molecule has 7 heteroatoms. The molecular weight excluding hydrogens is 325 g/mol. The van der Waals surface area contributed by atoms with Crippen LogP contribution in [0.25, 0.3) is 11.3 Å². The summed E-state index contributed by atoms with van der Waals surface area (Å²) in [5.41, 5.74) is 6.22. The van der Waals surface area contributed by atoms with E-state index in [4.69, 9.17) is 10.5 Å². The highest BCUT2D eigenvalue weighted by molar-refractivity contribution is 7.15. The summed E-state index contributed by atoms with van der Waals surface area (Å²) in [5.74, 6) is 0.310. The first-order valence-electron chi connectivity index (χ1n) is 7.23. The molecule has 0 fully saturated rings. The van der Waals surface area contributed by atoms with Gasteiger partial charge in [-0.25, -0.2) is 4.98 Å². The molecule has 0 aliphatic carbocycles. The molecule has 1 heterocycles. The maximum atomic E-state index is 12.9. The Morgan fingerprint density at radius 2 is 2.00 bits per heavy atom. The van der Waals surface area contributed by atoms with Crippen LogP contribution in [-0.4, -0.2) is 12.1 Å². The number of nitrogens with zero attached hydrogens (tertiary/aromatic N) is 1. The van der Waals surface area contributed by atoms with Crippen molar-refractivity contribution in [3.05, 3.63) is 28.6 Å². The van der Waals surface area contributed by atoms with E-state index in [1.54, 1.807) is 0 Å². The summed E-state index contributed by atoms with van der Waals surface area (Å²) < 4.78 is 43.8. The number of thiazole rings is 1. The third-order valence-corrected chi connectivity index (χ3v) is 4.39. The first-order valence-corrected chi connectivity index (χ1v) is 8.04. The number of nitrogen functional groups attached to an aromatic ring is 1. The van der Waals surface area contributed by atoms with Crippen molar-refractivity contribution in [2.45, 2.75) is 32.9 Å². The fraction of sp³-hybridized carbons (Fsp3) is 0.438. The SMILES string of the molecule is COc1cc(-c2nc(N)sc2CCC(C)C)ccc1C(F)(F)F. The number of methoxy groups -OCH3 is 1. The van der Waals surface area contributed by atoms with Crippen LogP contribution in [0.1, 0.15) is 30.7 Å². The predicted octanol–water partition coefficient (Wildman–Crippen LogP) is 5.01. The second-order valence-electron chi connectivity index (χ2n) is 5.67. The molecule has 0 saturated carbocycles. The zero-order valence-corrected chi connectivity index (χ0v) is 14.0. The lowest BCUT2D eigenvalue weighted by Crippen LogP contribution is -2.07. The number of anilines is 1. The lowest BCUT2D eigenvalue weighted by atomic mass is 10.0. The topological polar surface area (TPSA) is 48.1 Å². The van der Waals surface area contributed by atoms with Gasteiger partial charge >= 0.3 is 6.18 Å². The smallest absolute Gasteiger partial charge is 0.419 e. The van der Waals surface area contributed by atoms with E-state index in [0.717, 1.165) is 23.8 Å². The van der Waals surface area contributed by atoms with Gasteiger partial charge in [0.25, 0.3) is 0 Å². The summed E-state index contributed by atoms with van der Waals surface area (Å²) in [5, 5.41) is 0.414. The molecule has 0 bridgehead atoms. The van der Waals surface area contributed by atoms with Gasteiger partial charge in [-0.3, -0.25) is 0 Å². The first kappa shape index (κ1) is 17.6. The van der Waals surface area contributed by atoms with Crippen LogP contribution in [0.15, 0.2) is 18.2 Å². The number of benzene rings is 1. The second-order valence-corrected chi connectivity index (χ2v) is 6.78. The minimum absolute atomic E-state index is 0.212. The minimum Gasteiger partial charge on any atom is -0.496 e. The van der Waals surface area contributed by atoms with Crippen LogP contribution >= 0.6 is 11.3 Å². The van der Waals surface area contributed by atoms with Gasteiger partial charge in [-0.05, 0) is 30.9 Å². The molecule has 0 radical (unpaired) electrons. The molecule has 2 N–H and O–H groups in total. The maximum absolute atomic E-state index is 12.9. The molecule has 3 nitrogen and oxygen atoms in total. The lowest BCUT2D eigenvalue weighted by molar-refractivity contribution is -0.138. The quantitative estimate of drug-likeness (QED) is 0.829. The van der Waals surface area contributed by atoms with Crippen molar-refractivity contribution in [3.8, 4) is 17.0 Å². The normalized spacial score (nSPS) is 12.0. The number of ether oxygens (including phenoxy) is 1. The third-order valence-electron chi connectivity index (χ3n) is 3.44. The van der Waals surface area contributed by atoms with Crippen molar-refractivity contribution >= 4 is 16.5 Å². The van der Waals surface area contributed by atoms with Gasteiger partial charge in [0, 0.05) is 10.4 Å². The molecule has 0 unspecified atom stereocenters. The Kier molecular flexibility index (Phi) is 5.19. The fourth-order valence-corrected chi connectivity index (χ4v) is 3.13. The Morgan fingerprint density at radius 3 is 2.57 bits per heavy atom. The van der Waals surface area contributed by atoms with E-state index in [2.05, 4.69) is 18.8 Å². The summed E-state index contributed by atoms with van der Waals surface area (Å²) in [7, 11) is 1.23. The molecule has 126 valence electrons. The van der Waals surface area contributed by atoms with E-state index in [-0.39, 0.29) is 5.75 Å². The van der Waals surface area contributed by atoms with Gasteiger partial charge in [0.05, 0.1) is 18.4 Å². The molecule has 0 spiro atoms. The molecule has 23 heavy (non-hydrogen) atoms. The number of alkyl halides is 3. The summed E-state index contributed by atoms with van der Waals surface area (Å²) in [4.78, 5) is 5.27. The Balaban J connectivity index is 2.43. The van der Waals surface area contributed by atoms with E-state index in [9.17, 15) is 13.2 Å². The largest absolute Gasteiger partial charge is 0.496 e. The third kappa shape index (κ3) is 4.16. The van der Waals surface area contributed by atoms with Gasteiger partial charge < -0.3 is 10.5 Å². The highest BCUT2D eigenvalue weighted by Gasteiger charge is 2.34. The van der Waals surface area contributed by atoms with Crippen molar-refractivity contribution < 1.29 is 17.9 Å². The van der Waals surface area contributed by atoms with Crippen LogP contribution in [0.2, 0.25) is 0 Å². The molecule has 1 aromatic carbocycles. The predicted molar refractivity (Wildman–Crippen MR) is 86.7 cm³/mol. The average Bonchev–Trinajstić information content (AvgIpc) is 2.84. The summed E-state index contributed by atoms with van der Waals surface area (Å²) in [6, 6.07) is 3.81. The van der Waals surface area contributed by atoms with Crippen molar-refractivity contribution in [3.63, 3.8) is 0 Å². The van der Waals surface area contributed by atoms with Crippen molar-refractivity contribution in [1.82, 2.24) is 4.98 Å². The second kappa shape index (κ2) is 6.78. The molecule has 0 atom stereocenters. The van der Waals surface area contributed by atoms with E-state index in [0.29, 0.717) is 22.3 Å². The molecular formula is C16H19F3N2OS. The zero-order valence-electron chi connectivity index (χ0n) is 13.2. The number of hydrogen-bond acceptors (Lipinski definition) is 4. The van der Waals surface area contributed by atoms with Crippen LogP contribution in [-0.2, 0) is 12.6 Å². The number of nitrogens with two attached hydrogens (primary N) is 1. The Hall–Kier alpha value is -1.76. The van der Waals surface area contributed by atoms with E-state index < -0.39 is 11.7 Å². The maximum Gasteiger partial charge on any atom is 0.419 e. The Bertz CT molecular complexity index is 680. The monoisotopic (exact) mass is 344 g/mol. The van der Waals surface area contributed by atoms with E-state index in [1.807, 2.05) is 0 Å². The van der Waals surface area contributed by atoms with Crippen LogP contribution in [0.3, 0.4) is 0 Å². The molecule has 2 rings (SSSR count). The van der Waals surface area contributed by atoms with Crippen molar-refractivity contribution in [1.29, 1.82) is 0 Å². The van der Waals surface area contributed by atoms with Crippen molar-refractivity contribution in [2.24, 2.45) is 5.92 Å². The average molecular weight is 344 g/mol. The summed E-state index contributed by atoms with van der Waals surface area (Å²) in [6.07, 6.45) is -2.69. The van der Waals surface area contributed by atoms with Gasteiger partial charge in [0.15, 0.2) is 5.13 Å². The van der Waals surface area contributed by atoms with Gasteiger partial charge in [-0.1, -0.05) is 19.9 Å². The Labute approximate surface area is 137 Å². The molecule has 0 amide bonds. The standard InChI is InChI=1S/C16H19F3N2OS/c1-9(2)4-7-13-14(21-15(20)23-13)10-5-6-11(16(17,18)19)12(8-10)22-3/h5-6,8-9H,4,7H2,1-3H3,(H2,20,21). The highest BCUT2D eigenvalue weighted by atomic mass is 32.1. The van der Waals surface area contributed by atoms with Crippen LogP contribution in [0, 0.1) is 5.92 Å². The summed E-state index contributed by atoms with van der Waals surface area (Å²) in [6.45, 7) is 4.23.